The number of ether oxygens (including phenoxy) is 1. The fraction of sp³-hybridized carbons (Fsp3) is 0.500. The second-order valence-electron chi connectivity index (χ2n) is 5.21. The van der Waals surface area contributed by atoms with Gasteiger partial charge in [0.1, 0.15) is 5.75 Å². The number of anilines is 2. The zero-order valence-electron chi connectivity index (χ0n) is 13.0. The average molecular weight is 306 g/mol. The van der Waals surface area contributed by atoms with Gasteiger partial charge in [0.2, 0.25) is 0 Å². The first-order valence-corrected chi connectivity index (χ1v) is 7.60. The van der Waals surface area contributed by atoms with Crippen molar-refractivity contribution in [3.05, 3.63) is 18.2 Å². The van der Waals surface area contributed by atoms with Crippen LogP contribution in [0.15, 0.2) is 18.2 Å². The highest BCUT2D eigenvalue weighted by Crippen LogP contribution is 2.35. The monoisotopic (exact) mass is 306 g/mol. The van der Waals surface area contributed by atoms with Crippen LogP contribution in [0.25, 0.3) is 0 Å². The molecule has 0 spiro atoms. The number of carbonyl (C=O) groups excluding carboxylic acids is 1. The number of carbonyl (C=O) groups is 2. The first kappa shape index (κ1) is 16.1. The smallest absolute Gasteiger partial charge is 0.305 e. The molecule has 0 aromatic heterocycles. The minimum absolute atomic E-state index is 0.0558. The first-order chi connectivity index (χ1) is 10.6. The van der Waals surface area contributed by atoms with E-state index < -0.39 is 5.97 Å². The Labute approximate surface area is 130 Å². The van der Waals surface area contributed by atoms with E-state index in [1.807, 2.05) is 30.0 Å². The summed E-state index contributed by atoms with van der Waals surface area (Å²) in [6.07, 6.45) is 1.01. The number of hydrogen-bond acceptors (Lipinski definition) is 4. The third-order valence-corrected chi connectivity index (χ3v) is 3.66. The Morgan fingerprint density at radius 1 is 1.36 bits per heavy atom. The number of rotatable bonds is 7. The summed E-state index contributed by atoms with van der Waals surface area (Å²) >= 11 is 0. The Balaban J connectivity index is 2.28. The number of hydrogen-bond donors (Lipinski definition) is 1. The summed E-state index contributed by atoms with van der Waals surface area (Å²) in [7, 11) is 0. The quantitative estimate of drug-likeness (QED) is 0.835. The molecule has 1 heterocycles. The highest BCUT2D eigenvalue weighted by molar-refractivity contribution is 5.98. The fourth-order valence-electron chi connectivity index (χ4n) is 2.60. The van der Waals surface area contributed by atoms with Gasteiger partial charge in [0.05, 0.1) is 12.1 Å². The van der Waals surface area contributed by atoms with Crippen molar-refractivity contribution in [1.82, 2.24) is 0 Å². The van der Waals surface area contributed by atoms with Gasteiger partial charge < -0.3 is 19.6 Å². The van der Waals surface area contributed by atoms with Crippen LogP contribution in [0.2, 0.25) is 0 Å². The molecule has 1 aliphatic rings. The molecule has 1 amide bonds. The van der Waals surface area contributed by atoms with Crippen molar-refractivity contribution in [1.29, 1.82) is 0 Å². The molecule has 1 aromatic carbocycles. The van der Waals surface area contributed by atoms with Crippen LogP contribution in [0.5, 0.6) is 5.75 Å². The molecule has 6 nitrogen and oxygen atoms in total. The van der Waals surface area contributed by atoms with Gasteiger partial charge in [-0.3, -0.25) is 9.59 Å². The number of carboxylic acid groups (broad SMARTS) is 1. The molecule has 1 N–H and O–H groups in total. The van der Waals surface area contributed by atoms with Gasteiger partial charge in [0, 0.05) is 25.3 Å². The molecule has 6 heteroatoms. The summed E-state index contributed by atoms with van der Waals surface area (Å²) in [5.74, 6) is -0.174. The van der Waals surface area contributed by atoms with E-state index in [2.05, 4.69) is 6.92 Å². The van der Waals surface area contributed by atoms with E-state index in [1.165, 1.54) is 0 Å². The minimum atomic E-state index is -0.812. The Morgan fingerprint density at radius 3 is 2.77 bits per heavy atom. The molecule has 1 aromatic rings. The zero-order valence-corrected chi connectivity index (χ0v) is 13.0. The summed E-state index contributed by atoms with van der Waals surface area (Å²) in [6.45, 7) is 5.85. The molecule has 0 saturated carbocycles. The second kappa shape index (κ2) is 7.15. The van der Waals surface area contributed by atoms with Crippen LogP contribution in [0.4, 0.5) is 11.4 Å². The van der Waals surface area contributed by atoms with Gasteiger partial charge in [-0.2, -0.15) is 0 Å². The topological polar surface area (TPSA) is 70.1 Å². The second-order valence-corrected chi connectivity index (χ2v) is 5.21. The van der Waals surface area contributed by atoms with E-state index in [4.69, 9.17) is 9.84 Å². The molecule has 0 saturated heterocycles. The molecule has 0 fully saturated rings. The van der Waals surface area contributed by atoms with Gasteiger partial charge in [-0.05, 0) is 31.5 Å². The maximum atomic E-state index is 11.9. The molecule has 1 aliphatic heterocycles. The SMILES string of the molecule is CCCN(CCC(=O)O)c1ccc2c(c1)N(CC)C(=O)CO2. The van der Waals surface area contributed by atoms with Crippen molar-refractivity contribution >= 4 is 23.3 Å². The number of benzene rings is 1. The summed E-state index contributed by atoms with van der Waals surface area (Å²) < 4.78 is 5.46. The maximum absolute atomic E-state index is 11.9. The van der Waals surface area contributed by atoms with E-state index in [1.54, 1.807) is 4.90 Å². The van der Waals surface area contributed by atoms with Crippen LogP contribution >= 0.6 is 0 Å². The van der Waals surface area contributed by atoms with Crippen LogP contribution in [-0.2, 0) is 9.59 Å². The van der Waals surface area contributed by atoms with Crippen LogP contribution in [0, 0.1) is 0 Å². The van der Waals surface area contributed by atoms with Crippen LogP contribution in [0.1, 0.15) is 26.7 Å². The number of fused-ring (bicyclic) bond motifs is 1. The normalized spacial score (nSPS) is 13.5. The van der Waals surface area contributed by atoms with Crippen molar-refractivity contribution in [2.75, 3.05) is 36.0 Å². The largest absolute Gasteiger partial charge is 0.482 e. The Morgan fingerprint density at radius 2 is 2.14 bits per heavy atom. The van der Waals surface area contributed by atoms with Crippen LogP contribution in [0.3, 0.4) is 0 Å². The first-order valence-electron chi connectivity index (χ1n) is 7.60. The molecule has 0 radical (unpaired) electrons. The standard InChI is InChI=1S/C16H22N2O4/c1-3-8-17(9-7-16(20)21)12-5-6-14-13(10-12)18(4-2)15(19)11-22-14/h5-6,10H,3-4,7-9,11H2,1-2H3,(H,20,21). The van der Waals surface area contributed by atoms with Gasteiger partial charge in [0.25, 0.3) is 5.91 Å². The van der Waals surface area contributed by atoms with Crippen LogP contribution in [-0.4, -0.2) is 43.2 Å². The lowest BCUT2D eigenvalue weighted by atomic mass is 10.2. The van der Waals surface area contributed by atoms with E-state index in [0.29, 0.717) is 18.8 Å². The Hall–Kier alpha value is -2.24. The van der Waals surface area contributed by atoms with Crippen molar-refractivity contribution in [2.45, 2.75) is 26.7 Å². The highest BCUT2D eigenvalue weighted by Gasteiger charge is 2.25. The van der Waals surface area contributed by atoms with Gasteiger partial charge in [-0.1, -0.05) is 6.92 Å². The van der Waals surface area contributed by atoms with Gasteiger partial charge in [0.15, 0.2) is 6.61 Å². The van der Waals surface area contributed by atoms with E-state index in [-0.39, 0.29) is 18.9 Å². The van der Waals surface area contributed by atoms with Gasteiger partial charge in [-0.15, -0.1) is 0 Å². The number of aliphatic carboxylic acids is 1. The van der Waals surface area contributed by atoms with Gasteiger partial charge in [-0.25, -0.2) is 0 Å². The van der Waals surface area contributed by atoms with Crippen molar-refractivity contribution < 1.29 is 19.4 Å². The Bertz CT molecular complexity index is 559. The van der Waals surface area contributed by atoms with E-state index in [0.717, 1.165) is 24.3 Å². The number of likely N-dealkylation sites (N-methyl/N-ethyl adjacent to an activating group) is 1. The Kier molecular flexibility index (Phi) is 5.25. The van der Waals surface area contributed by atoms with Crippen molar-refractivity contribution in [2.24, 2.45) is 0 Å². The maximum Gasteiger partial charge on any atom is 0.305 e. The molecule has 0 atom stereocenters. The lowest BCUT2D eigenvalue weighted by molar-refractivity contribution is -0.136. The molecule has 120 valence electrons. The lowest BCUT2D eigenvalue weighted by Crippen LogP contribution is -2.38. The van der Waals surface area contributed by atoms with Gasteiger partial charge >= 0.3 is 5.97 Å². The predicted octanol–water partition coefficient (Wildman–Crippen LogP) is 2.12. The van der Waals surface area contributed by atoms with Crippen molar-refractivity contribution in [3.63, 3.8) is 0 Å². The highest BCUT2D eigenvalue weighted by atomic mass is 16.5. The zero-order chi connectivity index (χ0) is 16.1. The van der Waals surface area contributed by atoms with Crippen LogP contribution < -0.4 is 14.5 Å². The van der Waals surface area contributed by atoms with E-state index in [9.17, 15) is 9.59 Å². The number of carboxylic acids is 1. The van der Waals surface area contributed by atoms with E-state index >= 15 is 0 Å². The third kappa shape index (κ3) is 3.50. The third-order valence-electron chi connectivity index (χ3n) is 3.66. The summed E-state index contributed by atoms with van der Waals surface area (Å²) in [5, 5.41) is 8.88. The molecule has 0 unspecified atom stereocenters. The molecular formula is C16H22N2O4. The number of amides is 1. The molecule has 22 heavy (non-hydrogen) atoms. The summed E-state index contributed by atoms with van der Waals surface area (Å²) in [6, 6.07) is 5.68. The number of nitrogens with zero attached hydrogens (tertiary/aromatic N) is 2. The summed E-state index contributed by atoms with van der Waals surface area (Å²) in [4.78, 5) is 26.5. The van der Waals surface area contributed by atoms with Crippen molar-refractivity contribution in [3.8, 4) is 5.75 Å². The predicted molar refractivity (Wildman–Crippen MR) is 84.7 cm³/mol. The lowest BCUT2D eigenvalue weighted by Gasteiger charge is -2.31. The average Bonchev–Trinajstić information content (AvgIpc) is 2.50. The minimum Gasteiger partial charge on any atom is -0.482 e. The molecule has 0 aliphatic carbocycles. The fourth-order valence-corrected chi connectivity index (χ4v) is 2.60. The summed E-state index contributed by atoms with van der Waals surface area (Å²) in [5.41, 5.74) is 1.67. The molecular weight excluding hydrogens is 284 g/mol. The molecule has 2 rings (SSSR count). The molecule has 0 bridgehead atoms.